The maximum atomic E-state index is 12.7. The fourth-order valence-electron chi connectivity index (χ4n) is 3.25. The summed E-state index contributed by atoms with van der Waals surface area (Å²) in [5.74, 6) is -2.41. The number of benzene rings is 1. The number of sulfone groups is 1. The molecular formula is C16H16N2O7S. The Hall–Kier alpha value is -2.75. The molecule has 9 nitrogen and oxygen atoms in total. The molecule has 0 saturated carbocycles. The Bertz CT molecular complexity index is 922. The quantitative estimate of drug-likeness (QED) is 0.411. The number of hydrogen-bond donors (Lipinski definition) is 2. The van der Waals surface area contributed by atoms with Gasteiger partial charge in [0.1, 0.15) is 22.4 Å². The van der Waals surface area contributed by atoms with E-state index >= 15 is 0 Å². The van der Waals surface area contributed by atoms with Crippen LogP contribution >= 0.6 is 0 Å². The third kappa shape index (κ3) is 2.48. The lowest BCUT2D eigenvalue weighted by Gasteiger charge is -2.35. The lowest BCUT2D eigenvalue weighted by Crippen LogP contribution is -2.57. The number of hydrogen-bond acceptors (Lipinski definition) is 7. The lowest BCUT2D eigenvalue weighted by molar-refractivity contribution is -0.156. The molecule has 2 aliphatic rings. The first-order valence-corrected chi connectivity index (χ1v) is 9.25. The number of carboxylic acid groups (broad SMARTS) is 1. The van der Waals surface area contributed by atoms with Gasteiger partial charge in [-0.3, -0.25) is 14.6 Å². The van der Waals surface area contributed by atoms with Crippen LogP contribution in [0.4, 0.5) is 0 Å². The molecule has 1 aromatic rings. The minimum absolute atomic E-state index is 0.00639. The monoisotopic (exact) mass is 380 g/mol. The predicted molar refractivity (Wildman–Crippen MR) is 89.8 cm³/mol. The van der Waals surface area contributed by atoms with Gasteiger partial charge in [0.2, 0.25) is 5.91 Å². The number of phenols is 1. The second kappa shape index (κ2) is 5.90. The zero-order valence-corrected chi connectivity index (χ0v) is 14.5. The number of carboxylic acids is 1. The molecule has 2 heterocycles. The zero-order chi connectivity index (χ0) is 19.3. The van der Waals surface area contributed by atoms with Crippen molar-refractivity contribution >= 4 is 33.7 Å². The molecule has 26 heavy (non-hydrogen) atoms. The third-order valence-electron chi connectivity index (χ3n) is 4.75. The summed E-state index contributed by atoms with van der Waals surface area (Å²) in [6.45, 7) is 0.808. The summed E-state index contributed by atoms with van der Waals surface area (Å²) in [7, 11) is -3.99. The van der Waals surface area contributed by atoms with Crippen LogP contribution in [0.5, 0.6) is 5.75 Å². The number of aliphatic carboxylic acids is 1. The second-order valence-corrected chi connectivity index (χ2v) is 8.88. The lowest BCUT2D eigenvalue weighted by atomic mass is 9.97. The van der Waals surface area contributed by atoms with E-state index in [-0.39, 0.29) is 24.3 Å². The van der Waals surface area contributed by atoms with Crippen LogP contribution in [0.3, 0.4) is 0 Å². The van der Waals surface area contributed by atoms with E-state index in [0.717, 1.165) is 11.1 Å². The number of fused-ring (bicyclic) bond motifs is 1. The molecule has 10 heteroatoms. The van der Waals surface area contributed by atoms with Crippen LogP contribution in [0.15, 0.2) is 29.3 Å². The van der Waals surface area contributed by atoms with Gasteiger partial charge in [-0.15, -0.1) is 0 Å². The van der Waals surface area contributed by atoms with E-state index in [1.807, 2.05) is 0 Å². The molecule has 1 aromatic carbocycles. The highest BCUT2D eigenvalue weighted by atomic mass is 32.2. The molecule has 0 aromatic heterocycles. The summed E-state index contributed by atoms with van der Waals surface area (Å²) in [6, 6.07) is 3.87. The average molecular weight is 380 g/mol. The molecular weight excluding hydrogens is 364 g/mol. The minimum atomic E-state index is -3.99. The Morgan fingerprint density at radius 3 is 2.50 bits per heavy atom. The normalized spacial score (nSPS) is 29.4. The van der Waals surface area contributed by atoms with E-state index in [1.165, 1.54) is 31.2 Å². The van der Waals surface area contributed by atoms with E-state index in [4.69, 9.17) is 0 Å². The first-order valence-electron chi connectivity index (χ1n) is 7.70. The molecule has 0 bridgehead atoms. The van der Waals surface area contributed by atoms with Crippen molar-refractivity contribution < 1.29 is 33.0 Å². The van der Waals surface area contributed by atoms with Crippen LogP contribution in [0, 0.1) is 0 Å². The molecule has 0 aliphatic carbocycles. The summed E-state index contributed by atoms with van der Waals surface area (Å²) in [4.78, 5) is 40.0. The van der Waals surface area contributed by atoms with Crippen LogP contribution in [0.2, 0.25) is 0 Å². The van der Waals surface area contributed by atoms with Crippen LogP contribution < -0.4 is 0 Å². The van der Waals surface area contributed by atoms with Crippen molar-refractivity contribution in [3.8, 4) is 5.75 Å². The molecule has 0 radical (unpaired) electrons. The average Bonchev–Trinajstić information content (AvgIpc) is 2.70. The van der Waals surface area contributed by atoms with Gasteiger partial charge in [0.05, 0.1) is 6.42 Å². The zero-order valence-electron chi connectivity index (χ0n) is 13.7. The number of phenolic OH excluding ortho intramolecular Hbond substituents is 1. The molecule has 2 aliphatic heterocycles. The van der Waals surface area contributed by atoms with Gasteiger partial charge in [0, 0.05) is 11.8 Å². The molecule has 138 valence electrons. The Kier molecular flexibility index (Phi) is 4.10. The van der Waals surface area contributed by atoms with Crippen LogP contribution in [0.1, 0.15) is 23.7 Å². The van der Waals surface area contributed by atoms with Crippen LogP contribution in [-0.2, 0) is 19.4 Å². The molecule has 2 fully saturated rings. The van der Waals surface area contributed by atoms with E-state index in [0.29, 0.717) is 0 Å². The van der Waals surface area contributed by atoms with Crippen LogP contribution in [0.25, 0.3) is 0 Å². The predicted octanol–water partition coefficient (Wildman–Crippen LogP) is -0.156. The van der Waals surface area contributed by atoms with Gasteiger partial charge < -0.3 is 15.1 Å². The van der Waals surface area contributed by atoms with Crippen molar-refractivity contribution in [2.45, 2.75) is 29.5 Å². The van der Waals surface area contributed by atoms with Gasteiger partial charge in [0.15, 0.2) is 21.7 Å². The Labute approximate surface area is 148 Å². The number of rotatable bonds is 5. The maximum Gasteiger partial charge on any atom is 0.328 e. The Morgan fingerprint density at radius 2 is 1.96 bits per heavy atom. The molecule has 0 unspecified atom stereocenters. The maximum absolute atomic E-state index is 12.7. The van der Waals surface area contributed by atoms with Gasteiger partial charge in [-0.1, -0.05) is 0 Å². The highest BCUT2D eigenvalue weighted by Crippen LogP contribution is 2.45. The molecule has 0 spiro atoms. The van der Waals surface area contributed by atoms with Gasteiger partial charge in [0.25, 0.3) is 0 Å². The Morgan fingerprint density at radius 1 is 1.35 bits per heavy atom. The fraction of sp³-hybridized carbons (Fsp3) is 0.375. The number of ketones is 1. The summed E-state index contributed by atoms with van der Waals surface area (Å²) in [5, 5.41) is 17.5. The van der Waals surface area contributed by atoms with Gasteiger partial charge in [-0.05, 0) is 31.2 Å². The second-order valence-electron chi connectivity index (χ2n) is 6.37. The van der Waals surface area contributed by atoms with Gasteiger partial charge in [-0.2, -0.15) is 0 Å². The number of Topliss-reactive ketones (excluding diaryl/α,β-unsaturated/α-hetero) is 1. The number of carbonyl (C=O) groups excluding carboxylic acids is 2. The number of aliphatic imine (C=N–C) groups is 1. The summed E-state index contributed by atoms with van der Waals surface area (Å²) >= 11 is 0. The third-order valence-corrected chi connectivity index (χ3v) is 7.41. The van der Waals surface area contributed by atoms with Crippen molar-refractivity contribution in [1.29, 1.82) is 0 Å². The van der Waals surface area contributed by atoms with Crippen molar-refractivity contribution in [3.63, 3.8) is 0 Å². The van der Waals surface area contributed by atoms with Crippen LogP contribution in [-0.4, -0.2) is 70.1 Å². The highest BCUT2D eigenvalue weighted by Gasteiger charge is 2.69. The first-order chi connectivity index (χ1) is 12.1. The van der Waals surface area contributed by atoms with Gasteiger partial charge in [-0.25, -0.2) is 13.2 Å². The topological polar surface area (TPSA) is 141 Å². The van der Waals surface area contributed by atoms with Crippen molar-refractivity contribution in [1.82, 2.24) is 4.90 Å². The molecule has 3 rings (SSSR count). The summed E-state index contributed by atoms with van der Waals surface area (Å²) in [5.41, 5.74) is 0.271. The number of nitrogens with zero attached hydrogens (tertiary/aromatic N) is 2. The largest absolute Gasteiger partial charge is 0.508 e. The Balaban J connectivity index is 1.85. The number of amides is 1. The van der Waals surface area contributed by atoms with E-state index in [9.17, 15) is 33.0 Å². The van der Waals surface area contributed by atoms with Gasteiger partial charge >= 0.3 is 5.97 Å². The van der Waals surface area contributed by atoms with Crippen molar-refractivity contribution in [2.24, 2.45) is 4.99 Å². The summed E-state index contributed by atoms with van der Waals surface area (Å²) < 4.78 is 23.4. The number of β-lactam (4-membered cyclic amide) rings is 1. The molecule has 2 N–H and O–H groups in total. The van der Waals surface area contributed by atoms with Crippen molar-refractivity contribution in [2.75, 3.05) is 6.54 Å². The smallest absolute Gasteiger partial charge is 0.328 e. The first kappa shape index (κ1) is 18.1. The standard InChI is InChI=1S/C16H16N2O7S/c1-16(8-17-7-11(20)9-2-4-10(19)5-3-9)14(15(22)23)18-12(21)6-13(18)26(16,24)25/h2-5,8,13-14,19H,6-7H2,1H3,(H,22,23)/t13-,14+,16+/m1/s1. The summed E-state index contributed by atoms with van der Waals surface area (Å²) in [6.07, 6.45) is 0.701. The minimum Gasteiger partial charge on any atom is -0.508 e. The molecule has 1 amide bonds. The highest BCUT2D eigenvalue weighted by molar-refractivity contribution is 7.94. The molecule has 3 atom stereocenters. The van der Waals surface area contributed by atoms with Crippen molar-refractivity contribution in [3.05, 3.63) is 29.8 Å². The van der Waals surface area contributed by atoms with E-state index in [2.05, 4.69) is 4.99 Å². The SMILES string of the molecule is C[C@]1(C=NCC(=O)c2ccc(O)cc2)[C@H](C(=O)O)N2C(=O)C[C@H]2S1(=O)=O. The fourth-order valence-corrected chi connectivity index (χ4v) is 5.49. The van der Waals surface area contributed by atoms with E-state index < -0.39 is 43.7 Å². The molecule has 2 saturated heterocycles. The number of aromatic hydroxyl groups is 1. The van der Waals surface area contributed by atoms with E-state index in [1.54, 1.807) is 0 Å². The number of carbonyl (C=O) groups is 3.